The van der Waals surface area contributed by atoms with Crippen LogP contribution in [-0.4, -0.2) is 69.6 Å². The van der Waals surface area contributed by atoms with E-state index >= 15 is 0 Å². The normalized spacial score (nSPS) is 15.6. The molecule has 0 radical (unpaired) electrons. The molecule has 0 heterocycles. The predicted molar refractivity (Wildman–Crippen MR) is 65.1 cm³/mol. The number of rotatable bonds is 11. The summed E-state index contributed by atoms with van der Waals surface area (Å²) in [6.45, 7) is 0. The fourth-order valence-electron chi connectivity index (χ4n) is 1.87. The maximum atomic E-state index is 13.5. The smallest absolute Gasteiger partial charge is 0.410 e. The molecule has 0 unspecified atom stereocenters. The first-order valence-corrected chi connectivity index (χ1v) is 7.34. The summed E-state index contributed by atoms with van der Waals surface area (Å²) in [4.78, 5) is 11.7. The summed E-state index contributed by atoms with van der Waals surface area (Å²) < 4.78 is 263. The fourth-order valence-corrected chi connectivity index (χ4v) is 1.87. The van der Waals surface area contributed by atoms with E-state index in [1.54, 1.807) is 0 Å². The van der Waals surface area contributed by atoms with Gasteiger partial charge in [-0.2, -0.15) is 87.8 Å². The molecule has 0 aromatic carbocycles. The van der Waals surface area contributed by atoms with E-state index in [-0.39, 0.29) is 0 Å². The Kier molecular flexibility index (Phi) is 7.99. The Morgan fingerprint density at radius 3 is 0.889 bits per heavy atom. The Morgan fingerprint density at radius 1 is 0.472 bits per heavy atom. The van der Waals surface area contributed by atoms with E-state index < -0.39 is 71.1 Å². The molecule has 2 N–H and O–H groups in total. The molecular weight excluding hydrogens is 588 g/mol. The van der Waals surface area contributed by atoms with Crippen LogP contribution in [0.25, 0.3) is 0 Å². The molecule has 0 fully saturated rings. The minimum atomic E-state index is -9.22. The van der Waals surface area contributed by atoms with Gasteiger partial charge in [0.25, 0.3) is 5.76 Å². The molecule has 0 saturated carbocycles. The molecular formula is C12H2F20O4. The van der Waals surface area contributed by atoms with E-state index in [9.17, 15) is 92.6 Å². The van der Waals surface area contributed by atoms with Gasteiger partial charge >= 0.3 is 65.4 Å². The Hall–Kier alpha value is -2.43. The first-order chi connectivity index (χ1) is 15.3. The molecule has 0 rings (SSSR count). The van der Waals surface area contributed by atoms with Gasteiger partial charge in [-0.05, 0) is 0 Å². The zero-order valence-electron chi connectivity index (χ0n) is 15.3. The number of allylic oxidation sites excluding steroid dienone is 1. The van der Waals surface area contributed by atoms with E-state index in [2.05, 4.69) is 0 Å². The first-order valence-electron chi connectivity index (χ1n) is 7.34. The second-order valence-electron chi connectivity index (χ2n) is 6.16. The number of carboxylic acids is 1. The number of carbonyl (C=O) groups is 1. The van der Waals surface area contributed by atoms with E-state index in [1.807, 2.05) is 4.89 Å². The summed E-state index contributed by atoms with van der Waals surface area (Å²) in [5.74, 6) is -86.8. The van der Waals surface area contributed by atoms with Crippen LogP contribution in [-0.2, 0) is 9.68 Å². The lowest BCUT2D eigenvalue weighted by atomic mass is 9.86. The van der Waals surface area contributed by atoms with Crippen LogP contribution in [0, 0.1) is 0 Å². The second-order valence-corrected chi connectivity index (χ2v) is 6.16. The van der Waals surface area contributed by atoms with Gasteiger partial charge in [0, 0.05) is 0 Å². The largest absolute Gasteiger partial charge is 0.477 e. The molecule has 0 aliphatic heterocycles. The summed E-state index contributed by atoms with van der Waals surface area (Å²) in [5, 5.41) is 15.3. The molecule has 0 aliphatic rings. The molecule has 0 atom stereocenters. The van der Waals surface area contributed by atoms with Crippen LogP contribution in [0.15, 0.2) is 11.8 Å². The van der Waals surface area contributed by atoms with Crippen LogP contribution < -0.4 is 0 Å². The van der Waals surface area contributed by atoms with Gasteiger partial charge in [0.2, 0.25) is 0 Å². The van der Waals surface area contributed by atoms with Crippen molar-refractivity contribution in [2.45, 2.75) is 53.3 Å². The van der Waals surface area contributed by atoms with Crippen LogP contribution in [0.2, 0.25) is 0 Å². The lowest BCUT2D eigenvalue weighted by molar-refractivity contribution is -0.461. The van der Waals surface area contributed by atoms with Gasteiger partial charge in [-0.25, -0.2) is 10.1 Å². The summed E-state index contributed by atoms with van der Waals surface area (Å²) >= 11 is 0. The zero-order valence-corrected chi connectivity index (χ0v) is 15.3. The van der Waals surface area contributed by atoms with Crippen LogP contribution >= 0.6 is 0 Å². The van der Waals surface area contributed by atoms with Gasteiger partial charge < -0.3 is 9.99 Å². The predicted octanol–water partition coefficient (Wildman–Crippen LogP) is 6.39. The van der Waals surface area contributed by atoms with Crippen LogP contribution in [0.4, 0.5) is 87.8 Å². The minimum Gasteiger partial charge on any atom is -0.477 e. The average Bonchev–Trinajstić information content (AvgIpc) is 2.66. The highest BCUT2D eigenvalue weighted by atomic mass is 19.4. The maximum Gasteiger partial charge on any atom is 0.410 e. The third-order valence-corrected chi connectivity index (χ3v) is 3.97. The summed E-state index contributed by atoms with van der Waals surface area (Å²) in [5.41, 5.74) is 0. The average molecular weight is 590 g/mol. The van der Waals surface area contributed by atoms with Gasteiger partial charge in [-0.3, -0.25) is 0 Å². The molecule has 0 bridgehead atoms. The number of halogens is 20. The van der Waals surface area contributed by atoms with Gasteiger partial charge in [0.1, 0.15) is 0 Å². The van der Waals surface area contributed by atoms with E-state index in [0.717, 1.165) is 0 Å². The van der Waals surface area contributed by atoms with E-state index in [0.29, 0.717) is 0 Å². The molecule has 36 heavy (non-hydrogen) atoms. The quantitative estimate of drug-likeness (QED) is 0.127. The molecule has 24 heteroatoms. The molecule has 4 nitrogen and oxygen atoms in total. The summed E-state index contributed by atoms with van der Waals surface area (Å²) in [7, 11) is 0. The van der Waals surface area contributed by atoms with Crippen molar-refractivity contribution in [1.29, 1.82) is 0 Å². The van der Waals surface area contributed by atoms with Gasteiger partial charge in [0.15, 0.2) is 0 Å². The highest BCUT2D eigenvalue weighted by Crippen LogP contribution is 2.65. The van der Waals surface area contributed by atoms with Gasteiger partial charge in [0.05, 0.1) is 0 Å². The highest BCUT2D eigenvalue weighted by molar-refractivity contribution is 5.77. The van der Waals surface area contributed by atoms with Crippen molar-refractivity contribution in [2.24, 2.45) is 0 Å². The maximum absolute atomic E-state index is 13.5. The van der Waals surface area contributed by atoms with E-state index in [4.69, 9.17) is 10.4 Å². The van der Waals surface area contributed by atoms with Gasteiger partial charge in [-0.15, -0.1) is 0 Å². The molecule has 214 valence electrons. The van der Waals surface area contributed by atoms with Crippen molar-refractivity contribution in [3.05, 3.63) is 11.8 Å². The van der Waals surface area contributed by atoms with Crippen molar-refractivity contribution in [3.8, 4) is 0 Å². The molecule has 0 aromatic heterocycles. The molecule has 0 saturated heterocycles. The van der Waals surface area contributed by atoms with Crippen molar-refractivity contribution in [1.82, 2.24) is 0 Å². The molecule has 0 aromatic rings. The summed E-state index contributed by atoms with van der Waals surface area (Å²) in [6.07, 6.45) is -4.49. The fraction of sp³-hybridized carbons (Fsp3) is 0.750. The third-order valence-electron chi connectivity index (χ3n) is 3.97. The Morgan fingerprint density at radius 2 is 0.694 bits per heavy atom. The van der Waals surface area contributed by atoms with Crippen molar-refractivity contribution < 1.29 is 108 Å². The first kappa shape index (κ1) is 33.6. The second kappa shape index (κ2) is 8.56. The Balaban J connectivity index is 7.21. The SMILES string of the molecule is O=C(O)C(F)(F)C(F)(F)C(F)(F)C(F)(F)C(F)(F)C(F)(F)C(F)(F)C(F)(F)C(F)(F)C(OO)=C(F)F. The Labute approximate surface area is 180 Å². The lowest BCUT2D eigenvalue weighted by Crippen LogP contribution is -2.76. The van der Waals surface area contributed by atoms with Crippen LogP contribution in [0.3, 0.4) is 0 Å². The standard InChI is InChI=1S/C12H2F20O4/c13-2(14)1(36-35)4(15,16)6(19,20)8(23,24)10(27,28)12(31,32)11(29,30)9(25,26)7(21,22)5(17,18)3(33)34/h35H,(H,33,34). The number of hydrogen-bond acceptors (Lipinski definition) is 3. The van der Waals surface area contributed by atoms with Gasteiger partial charge in [-0.1, -0.05) is 0 Å². The van der Waals surface area contributed by atoms with Crippen LogP contribution in [0.1, 0.15) is 0 Å². The van der Waals surface area contributed by atoms with Crippen molar-refractivity contribution in [3.63, 3.8) is 0 Å². The number of hydrogen-bond donors (Lipinski definition) is 2. The minimum absolute atomic E-state index is 1.81. The van der Waals surface area contributed by atoms with E-state index in [1.165, 1.54) is 0 Å². The van der Waals surface area contributed by atoms with Crippen molar-refractivity contribution in [2.75, 3.05) is 0 Å². The number of alkyl halides is 18. The zero-order chi connectivity index (χ0) is 29.9. The topological polar surface area (TPSA) is 66.8 Å². The van der Waals surface area contributed by atoms with Crippen molar-refractivity contribution >= 4 is 5.97 Å². The third kappa shape index (κ3) is 3.85. The van der Waals surface area contributed by atoms with Crippen LogP contribution in [0.5, 0.6) is 0 Å². The number of carboxylic acid groups (broad SMARTS) is 1. The molecule has 0 aliphatic carbocycles. The Bertz CT molecular complexity index is 885. The summed E-state index contributed by atoms with van der Waals surface area (Å²) in [6, 6.07) is 0. The molecule has 0 amide bonds. The lowest BCUT2D eigenvalue weighted by Gasteiger charge is -2.43. The molecule has 0 spiro atoms. The monoisotopic (exact) mass is 590 g/mol. The highest BCUT2D eigenvalue weighted by Gasteiger charge is 2.97. The number of aliphatic carboxylic acids is 1.